The van der Waals surface area contributed by atoms with Gasteiger partial charge in [-0.05, 0) is 44.2 Å². The number of fused-ring (bicyclic) bond motifs is 1. The zero-order valence-corrected chi connectivity index (χ0v) is 15.2. The van der Waals surface area contributed by atoms with E-state index in [1.54, 1.807) is 23.5 Å². The molecule has 0 aliphatic rings. The first-order valence-corrected chi connectivity index (χ1v) is 9.00. The van der Waals surface area contributed by atoms with E-state index in [4.69, 9.17) is 16.6 Å². The normalized spacial score (nSPS) is 11.2. The number of benzene rings is 2. The molecule has 0 bridgehead atoms. The predicted molar refractivity (Wildman–Crippen MR) is 103 cm³/mol. The van der Waals surface area contributed by atoms with Gasteiger partial charge in [0.15, 0.2) is 4.96 Å². The largest absolute Gasteiger partial charge is 0.339 e. The van der Waals surface area contributed by atoms with Crippen LogP contribution in [-0.4, -0.2) is 9.38 Å². The van der Waals surface area contributed by atoms with Gasteiger partial charge in [0, 0.05) is 21.8 Å². The molecule has 0 unspecified atom stereocenters. The lowest BCUT2D eigenvalue weighted by molar-refractivity contribution is 0.628. The Morgan fingerprint density at radius 3 is 2.52 bits per heavy atom. The van der Waals surface area contributed by atoms with E-state index in [-0.39, 0.29) is 5.82 Å². The summed E-state index contributed by atoms with van der Waals surface area (Å²) in [6, 6.07) is 13.9. The van der Waals surface area contributed by atoms with Gasteiger partial charge in [0.25, 0.3) is 0 Å². The lowest BCUT2D eigenvalue weighted by Crippen LogP contribution is -1.98. The van der Waals surface area contributed by atoms with Gasteiger partial charge in [0.2, 0.25) is 0 Å². The Balaban J connectivity index is 1.94. The average Bonchev–Trinajstić information content (AvgIpc) is 3.07. The van der Waals surface area contributed by atoms with Crippen LogP contribution in [0.4, 0.5) is 15.9 Å². The first kappa shape index (κ1) is 16.1. The standard InChI is InChI=1S/C19H15ClFN3S/c1-11-12(2)25-19-23-17(15-5-3-4-6-16(15)20)18(24(11)19)22-14-9-7-13(21)8-10-14/h3-10,22H,1-2H3. The minimum atomic E-state index is -0.266. The molecule has 0 radical (unpaired) electrons. The summed E-state index contributed by atoms with van der Waals surface area (Å²) < 4.78 is 15.3. The molecule has 3 nitrogen and oxygen atoms in total. The molecule has 2 heterocycles. The number of halogens is 2. The fourth-order valence-corrected chi connectivity index (χ4v) is 3.97. The minimum absolute atomic E-state index is 0.266. The summed E-state index contributed by atoms with van der Waals surface area (Å²) in [7, 11) is 0. The average molecular weight is 372 g/mol. The van der Waals surface area contributed by atoms with Crippen molar-refractivity contribution in [2.24, 2.45) is 0 Å². The molecule has 0 saturated carbocycles. The number of nitrogens with one attached hydrogen (secondary N) is 1. The molecule has 0 amide bonds. The SMILES string of the molecule is Cc1sc2nc(-c3ccccc3Cl)c(Nc3ccc(F)cc3)n2c1C. The van der Waals surface area contributed by atoms with Crippen molar-refractivity contribution in [3.63, 3.8) is 0 Å². The molecule has 25 heavy (non-hydrogen) atoms. The molecule has 0 saturated heterocycles. The van der Waals surface area contributed by atoms with Gasteiger partial charge >= 0.3 is 0 Å². The van der Waals surface area contributed by atoms with Gasteiger partial charge in [0.05, 0.1) is 5.02 Å². The van der Waals surface area contributed by atoms with E-state index in [0.717, 1.165) is 33.4 Å². The van der Waals surface area contributed by atoms with E-state index in [1.807, 2.05) is 24.3 Å². The molecule has 0 aliphatic heterocycles. The summed E-state index contributed by atoms with van der Waals surface area (Å²) in [5, 5.41) is 4.03. The van der Waals surface area contributed by atoms with Gasteiger partial charge in [-0.1, -0.05) is 29.8 Å². The van der Waals surface area contributed by atoms with Gasteiger partial charge in [0.1, 0.15) is 17.3 Å². The van der Waals surface area contributed by atoms with Crippen molar-refractivity contribution in [3.8, 4) is 11.3 Å². The van der Waals surface area contributed by atoms with E-state index >= 15 is 0 Å². The van der Waals surface area contributed by atoms with Crippen LogP contribution in [0.1, 0.15) is 10.6 Å². The maximum Gasteiger partial charge on any atom is 0.196 e. The monoisotopic (exact) mass is 371 g/mol. The fraction of sp³-hybridized carbons (Fsp3) is 0.105. The third kappa shape index (κ3) is 2.79. The molecular weight excluding hydrogens is 357 g/mol. The Labute approximate surface area is 153 Å². The molecular formula is C19H15ClFN3S. The predicted octanol–water partition coefficient (Wildman–Crippen LogP) is 6.22. The van der Waals surface area contributed by atoms with E-state index in [0.29, 0.717) is 5.02 Å². The molecule has 4 aromatic rings. The van der Waals surface area contributed by atoms with Crippen molar-refractivity contribution in [3.05, 3.63) is 69.9 Å². The second kappa shape index (κ2) is 6.17. The fourth-order valence-electron chi connectivity index (χ4n) is 2.77. The number of rotatable bonds is 3. The van der Waals surface area contributed by atoms with Crippen molar-refractivity contribution in [2.75, 3.05) is 5.32 Å². The number of aryl methyl sites for hydroxylation is 2. The van der Waals surface area contributed by atoms with Crippen molar-refractivity contribution in [2.45, 2.75) is 13.8 Å². The van der Waals surface area contributed by atoms with Crippen LogP contribution >= 0.6 is 22.9 Å². The summed E-state index contributed by atoms with van der Waals surface area (Å²) in [4.78, 5) is 6.90. The van der Waals surface area contributed by atoms with E-state index in [9.17, 15) is 4.39 Å². The van der Waals surface area contributed by atoms with Crippen LogP contribution in [0.25, 0.3) is 16.2 Å². The molecule has 4 rings (SSSR count). The Hall–Kier alpha value is -2.37. The third-order valence-electron chi connectivity index (χ3n) is 4.17. The van der Waals surface area contributed by atoms with E-state index in [2.05, 4.69) is 23.6 Å². The van der Waals surface area contributed by atoms with Crippen LogP contribution in [0.3, 0.4) is 0 Å². The van der Waals surface area contributed by atoms with Crippen molar-refractivity contribution in [1.29, 1.82) is 0 Å². The Morgan fingerprint density at radius 2 is 1.80 bits per heavy atom. The number of aromatic nitrogens is 2. The van der Waals surface area contributed by atoms with Crippen LogP contribution < -0.4 is 5.32 Å². The van der Waals surface area contributed by atoms with Crippen molar-refractivity contribution < 1.29 is 4.39 Å². The first-order valence-electron chi connectivity index (χ1n) is 7.80. The highest BCUT2D eigenvalue weighted by atomic mass is 35.5. The topological polar surface area (TPSA) is 29.3 Å². The van der Waals surface area contributed by atoms with Crippen molar-refractivity contribution >= 4 is 39.4 Å². The van der Waals surface area contributed by atoms with Crippen LogP contribution in [0.15, 0.2) is 48.5 Å². The van der Waals surface area contributed by atoms with E-state index < -0.39 is 0 Å². The summed E-state index contributed by atoms with van der Waals surface area (Å²) >= 11 is 8.03. The zero-order valence-electron chi connectivity index (χ0n) is 13.7. The molecule has 2 aromatic carbocycles. The van der Waals surface area contributed by atoms with Crippen LogP contribution in [0.5, 0.6) is 0 Å². The molecule has 126 valence electrons. The van der Waals surface area contributed by atoms with Crippen LogP contribution in [0.2, 0.25) is 5.02 Å². The maximum atomic E-state index is 13.2. The Kier molecular flexibility index (Phi) is 3.98. The summed E-state index contributed by atoms with van der Waals surface area (Å²) in [6.07, 6.45) is 0. The Bertz CT molecular complexity index is 1070. The molecule has 0 spiro atoms. The molecule has 0 fully saturated rings. The highest BCUT2D eigenvalue weighted by Gasteiger charge is 2.20. The maximum absolute atomic E-state index is 13.2. The number of imidazole rings is 1. The lowest BCUT2D eigenvalue weighted by atomic mass is 10.1. The quantitative estimate of drug-likeness (QED) is 0.463. The van der Waals surface area contributed by atoms with Gasteiger partial charge < -0.3 is 5.32 Å². The second-order valence-electron chi connectivity index (χ2n) is 5.78. The highest BCUT2D eigenvalue weighted by Crippen LogP contribution is 2.38. The van der Waals surface area contributed by atoms with Crippen molar-refractivity contribution in [1.82, 2.24) is 9.38 Å². The highest BCUT2D eigenvalue weighted by molar-refractivity contribution is 7.17. The second-order valence-corrected chi connectivity index (χ2v) is 7.37. The number of thiazole rings is 1. The van der Waals surface area contributed by atoms with Gasteiger partial charge in [-0.3, -0.25) is 4.40 Å². The van der Waals surface area contributed by atoms with Crippen LogP contribution in [0, 0.1) is 19.7 Å². The van der Waals surface area contributed by atoms with Crippen LogP contribution in [-0.2, 0) is 0 Å². The molecule has 0 atom stereocenters. The molecule has 1 N–H and O–H groups in total. The lowest BCUT2D eigenvalue weighted by Gasteiger charge is -2.10. The number of hydrogen-bond donors (Lipinski definition) is 1. The minimum Gasteiger partial charge on any atom is -0.339 e. The summed E-state index contributed by atoms with van der Waals surface area (Å²) in [5.41, 5.74) is 3.56. The Morgan fingerprint density at radius 1 is 1.08 bits per heavy atom. The first-order chi connectivity index (χ1) is 12.0. The van der Waals surface area contributed by atoms with E-state index in [1.165, 1.54) is 17.0 Å². The zero-order chi connectivity index (χ0) is 17.6. The number of hydrogen-bond acceptors (Lipinski definition) is 3. The third-order valence-corrected chi connectivity index (χ3v) is 5.56. The molecule has 0 aliphatic carbocycles. The molecule has 2 aromatic heterocycles. The number of anilines is 2. The van der Waals surface area contributed by atoms with Gasteiger partial charge in [-0.25, -0.2) is 9.37 Å². The smallest absolute Gasteiger partial charge is 0.196 e. The summed E-state index contributed by atoms with van der Waals surface area (Å²) in [5.74, 6) is 0.564. The summed E-state index contributed by atoms with van der Waals surface area (Å²) in [6.45, 7) is 4.14. The van der Waals surface area contributed by atoms with Gasteiger partial charge in [-0.2, -0.15) is 0 Å². The number of nitrogens with zero attached hydrogens (tertiary/aromatic N) is 2. The molecule has 6 heteroatoms. The van der Waals surface area contributed by atoms with Gasteiger partial charge in [-0.15, -0.1) is 11.3 Å².